The molecule has 1 aromatic heterocycles. The van der Waals surface area contributed by atoms with Gasteiger partial charge in [0.25, 0.3) is 0 Å². The Morgan fingerprint density at radius 1 is 1.36 bits per heavy atom. The molecule has 0 aliphatic rings. The van der Waals surface area contributed by atoms with Gasteiger partial charge in [0.05, 0.1) is 10.5 Å². The first-order chi connectivity index (χ1) is 6.63. The number of aromatic nitrogens is 1. The van der Waals surface area contributed by atoms with Gasteiger partial charge in [-0.2, -0.15) is 4.73 Å². The fraction of sp³-hybridized carbons (Fsp3) is 0. The minimum atomic E-state index is -1.26. The first-order valence-corrected chi connectivity index (χ1v) is 4.22. The third-order valence-electron chi connectivity index (χ3n) is 1.99. The van der Waals surface area contributed by atoms with Crippen LogP contribution in [0.1, 0.15) is 10.5 Å². The number of fused-ring (bicyclic) bond motifs is 1. The number of nitrogens with zero attached hydrogens (tertiary/aromatic N) is 1. The van der Waals surface area contributed by atoms with Gasteiger partial charge in [-0.3, -0.25) is 0 Å². The lowest BCUT2D eigenvalue weighted by Gasteiger charge is -1.96. The molecule has 0 aliphatic heterocycles. The Hall–Kier alpha value is -1.68. The van der Waals surface area contributed by atoms with Crippen molar-refractivity contribution in [1.29, 1.82) is 0 Å². The van der Waals surface area contributed by atoms with E-state index >= 15 is 0 Å². The zero-order chi connectivity index (χ0) is 10.3. The van der Waals surface area contributed by atoms with Crippen molar-refractivity contribution in [2.45, 2.75) is 0 Å². The van der Waals surface area contributed by atoms with E-state index in [1.165, 1.54) is 0 Å². The van der Waals surface area contributed by atoms with Crippen LogP contribution in [-0.2, 0) is 0 Å². The summed E-state index contributed by atoms with van der Waals surface area (Å²) in [4.78, 5) is 10.7. The maximum Gasteiger partial charge on any atom is 0.357 e. The zero-order valence-corrected chi connectivity index (χ0v) is 7.69. The van der Waals surface area contributed by atoms with Crippen molar-refractivity contribution in [3.63, 3.8) is 0 Å². The second-order valence-electron chi connectivity index (χ2n) is 2.80. The van der Waals surface area contributed by atoms with Crippen LogP contribution in [0.15, 0.2) is 24.3 Å². The molecule has 1 heterocycles. The second-order valence-corrected chi connectivity index (χ2v) is 3.17. The van der Waals surface area contributed by atoms with Crippen molar-refractivity contribution in [3.8, 4) is 0 Å². The van der Waals surface area contributed by atoms with Crippen LogP contribution >= 0.6 is 11.6 Å². The molecule has 0 saturated carbocycles. The zero-order valence-electron chi connectivity index (χ0n) is 6.94. The van der Waals surface area contributed by atoms with Crippen molar-refractivity contribution in [2.75, 3.05) is 0 Å². The van der Waals surface area contributed by atoms with E-state index in [0.717, 1.165) is 0 Å². The highest BCUT2D eigenvalue weighted by Crippen LogP contribution is 2.29. The number of aromatic carboxylic acids is 1. The second kappa shape index (κ2) is 2.92. The predicted octanol–water partition coefficient (Wildman–Crippen LogP) is 2.23. The highest BCUT2D eigenvalue weighted by atomic mass is 35.5. The van der Waals surface area contributed by atoms with Gasteiger partial charge in [0.15, 0.2) is 5.69 Å². The molecule has 0 fully saturated rings. The molecule has 0 radical (unpaired) electrons. The molecule has 0 spiro atoms. The molecule has 2 rings (SSSR count). The molecular weight excluding hydrogens is 206 g/mol. The van der Waals surface area contributed by atoms with E-state index in [9.17, 15) is 10.0 Å². The molecule has 0 aliphatic carbocycles. The predicted molar refractivity (Wildman–Crippen MR) is 51.1 cm³/mol. The summed E-state index contributed by atoms with van der Waals surface area (Å²) in [5.41, 5.74) is 0.0720. The molecule has 1 aromatic carbocycles. The molecule has 72 valence electrons. The molecule has 14 heavy (non-hydrogen) atoms. The lowest BCUT2D eigenvalue weighted by atomic mass is 10.2. The number of carboxylic acid groups (broad SMARTS) is 1. The Kier molecular flexibility index (Phi) is 1.86. The molecule has 5 heteroatoms. The van der Waals surface area contributed by atoms with E-state index in [2.05, 4.69) is 0 Å². The van der Waals surface area contributed by atoms with Gasteiger partial charge in [-0.1, -0.05) is 29.8 Å². The number of para-hydroxylation sites is 1. The maximum absolute atomic E-state index is 10.7. The third kappa shape index (κ3) is 1.04. The highest BCUT2D eigenvalue weighted by molar-refractivity contribution is 6.38. The van der Waals surface area contributed by atoms with Crippen LogP contribution in [0.25, 0.3) is 10.9 Å². The van der Waals surface area contributed by atoms with Crippen molar-refractivity contribution in [1.82, 2.24) is 4.73 Å². The summed E-state index contributed by atoms with van der Waals surface area (Å²) in [6, 6.07) is 6.65. The molecule has 2 N–H and O–H groups in total. The smallest absolute Gasteiger partial charge is 0.357 e. The Bertz CT molecular complexity index is 479. The van der Waals surface area contributed by atoms with Crippen molar-refractivity contribution in [2.24, 2.45) is 0 Å². The van der Waals surface area contributed by atoms with Crippen LogP contribution < -0.4 is 0 Å². The molecule has 4 nitrogen and oxygen atoms in total. The van der Waals surface area contributed by atoms with E-state index in [0.29, 0.717) is 15.6 Å². The Morgan fingerprint density at radius 2 is 2.00 bits per heavy atom. The van der Waals surface area contributed by atoms with E-state index < -0.39 is 5.97 Å². The van der Waals surface area contributed by atoms with Gasteiger partial charge in [-0.15, -0.1) is 0 Å². The van der Waals surface area contributed by atoms with Crippen molar-refractivity contribution < 1.29 is 15.1 Å². The summed E-state index contributed by atoms with van der Waals surface area (Å²) in [6.07, 6.45) is 0. The number of carbonyl (C=O) groups is 1. The maximum atomic E-state index is 10.7. The van der Waals surface area contributed by atoms with Crippen LogP contribution in [-0.4, -0.2) is 21.0 Å². The number of carboxylic acids is 1. The molecule has 0 amide bonds. The first-order valence-electron chi connectivity index (χ1n) is 3.84. The van der Waals surface area contributed by atoms with Gasteiger partial charge in [0.2, 0.25) is 0 Å². The Morgan fingerprint density at radius 3 is 2.57 bits per heavy atom. The number of hydrogen-bond acceptors (Lipinski definition) is 2. The quantitative estimate of drug-likeness (QED) is 0.711. The summed E-state index contributed by atoms with van der Waals surface area (Å²) in [7, 11) is 0. The summed E-state index contributed by atoms with van der Waals surface area (Å²) in [5, 5.41) is 18.8. The summed E-state index contributed by atoms with van der Waals surface area (Å²) in [6.45, 7) is 0. The average Bonchev–Trinajstić information content (AvgIpc) is 2.41. The summed E-state index contributed by atoms with van der Waals surface area (Å²) >= 11 is 5.80. The fourth-order valence-electron chi connectivity index (χ4n) is 1.37. The van der Waals surface area contributed by atoms with Crippen LogP contribution in [0.5, 0.6) is 0 Å². The molecule has 0 bridgehead atoms. The first kappa shape index (κ1) is 8.90. The molecule has 0 saturated heterocycles. The largest absolute Gasteiger partial charge is 0.476 e. The minimum absolute atomic E-state index is 0.0515. The normalized spacial score (nSPS) is 10.6. The van der Waals surface area contributed by atoms with Gasteiger partial charge in [-0.25, -0.2) is 4.79 Å². The Balaban J connectivity index is 2.92. The number of hydrogen-bond donors (Lipinski definition) is 2. The topological polar surface area (TPSA) is 62.5 Å². The van der Waals surface area contributed by atoms with Gasteiger partial charge in [0, 0.05) is 5.39 Å². The number of rotatable bonds is 1. The van der Waals surface area contributed by atoms with Gasteiger partial charge in [-0.05, 0) is 6.07 Å². The Labute approximate surface area is 83.9 Å². The summed E-state index contributed by atoms with van der Waals surface area (Å²) in [5.74, 6) is -1.26. The van der Waals surface area contributed by atoms with Crippen LogP contribution in [0.4, 0.5) is 0 Å². The third-order valence-corrected chi connectivity index (χ3v) is 2.37. The molecular formula is C9H6ClNO3. The van der Waals surface area contributed by atoms with Crippen LogP contribution in [0.2, 0.25) is 5.02 Å². The lowest BCUT2D eigenvalue weighted by molar-refractivity contribution is 0.0650. The van der Waals surface area contributed by atoms with Gasteiger partial charge in [0.1, 0.15) is 0 Å². The number of benzene rings is 1. The van der Waals surface area contributed by atoms with E-state index in [1.54, 1.807) is 24.3 Å². The summed E-state index contributed by atoms with van der Waals surface area (Å²) < 4.78 is 0.583. The van der Waals surface area contributed by atoms with Crippen molar-refractivity contribution >= 4 is 28.5 Å². The van der Waals surface area contributed by atoms with Crippen molar-refractivity contribution in [3.05, 3.63) is 35.0 Å². The fourth-order valence-corrected chi connectivity index (χ4v) is 1.69. The minimum Gasteiger partial charge on any atom is -0.476 e. The van der Waals surface area contributed by atoms with Crippen LogP contribution in [0.3, 0.4) is 0 Å². The molecule has 2 aromatic rings. The van der Waals surface area contributed by atoms with E-state index in [1.807, 2.05) is 0 Å². The highest BCUT2D eigenvalue weighted by Gasteiger charge is 2.20. The van der Waals surface area contributed by atoms with E-state index in [-0.39, 0.29) is 10.7 Å². The lowest BCUT2D eigenvalue weighted by Crippen LogP contribution is -2.05. The molecule has 0 unspecified atom stereocenters. The van der Waals surface area contributed by atoms with E-state index in [4.69, 9.17) is 16.7 Å². The standard InChI is InChI=1S/C9H6ClNO3/c10-7-5-3-1-2-4-6(5)11(14)8(7)9(12)13/h1-4,14H,(H,12,13). The average molecular weight is 212 g/mol. The van der Waals surface area contributed by atoms with Gasteiger partial charge >= 0.3 is 5.97 Å². The monoisotopic (exact) mass is 211 g/mol. The van der Waals surface area contributed by atoms with Crippen LogP contribution in [0, 0.1) is 0 Å². The van der Waals surface area contributed by atoms with Gasteiger partial charge < -0.3 is 10.3 Å². The number of halogens is 1. The molecule has 0 atom stereocenters. The SMILES string of the molecule is O=C(O)c1c(Cl)c2ccccc2n1O.